The van der Waals surface area contributed by atoms with Gasteiger partial charge in [0, 0.05) is 11.5 Å². The summed E-state index contributed by atoms with van der Waals surface area (Å²) in [5.74, 6) is 10.8. The van der Waals surface area contributed by atoms with Crippen molar-refractivity contribution >= 4 is 0 Å². The lowest BCUT2D eigenvalue weighted by Gasteiger charge is -2.37. The summed E-state index contributed by atoms with van der Waals surface area (Å²) in [7, 11) is 0. The van der Waals surface area contributed by atoms with E-state index in [4.69, 9.17) is 0 Å². The van der Waals surface area contributed by atoms with Crippen LogP contribution in [0, 0.1) is 35.5 Å². The Morgan fingerprint density at radius 2 is 1.38 bits per heavy atom. The molecule has 29 heavy (non-hydrogen) atoms. The van der Waals surface area contributed by atoms with Crippen molar-refractivity contribution < 1.29 is 0 Å². The molecule has 0 bridgehead atoms. The number of hydrogen-bond acceptors (Lipinski definition) is 0. The lowest BCUT2D eigenvalue weighted by Crippen LogP contribution is -2.25. The minimum atomic E-state index is 0.636. The molecule has 2 fully saturated rings. The highest BCUT2D eigenvalue weighted by molar-refractivity contribution is 5.36. The van der Waals surface area contributed by atoms with Gasteiger partial charge in [-0.1, -0.05) is 89.2 Å². The molecule has 1 aromatic rings. The third-order valence-electron chi connectivity index (χ3n) is 7.71. The lowest BCUT2D eigenvalue weighted by molar-refractivity contribution is 0.153. The summed E-state index contributed by atoms with van der Waals surface area (Å²) in [6, 6.07) is 8.93. The van der Waals surface area contributed by atoms with Crippen molar-refractivity contribution in [2.24, 2.45) is 23.7 Å². The molecule has 3 rings (SSSR count). The molecule has 0 aromatic heterocycles. The summed E-state index contributed by atoms with van der Waals surface area (Å²) in [5.41, 5.74) is 2.64. The van der Waals surface area contributed by atoms with E-state index >= 15 is 0 Å². The highest BCUT2D eigenvalue weighted by atomic mass is 14.3. The zero-order valence-electron chi connectivity index (χ0n) is 19.2. The fourth-order valence-corrected chi connectivity index (χ4v) is 5.77. The van der Waals surface area contributed by atoms with Gasteiger partial charge in [0.2, 0.25) is 0 Å². The second kappa shape index (κ2) is 12.5. The van der Waals surface area contributed by atoms with Crippen molar-refractivity contribution in [3.05, 3.63) is 35.4 Å². The third kappa shape index (κ3) is 7.51. The Balaban J connectivity index is 1.36. The van der Waals surface area contributed by atoms with Crippen LogP contribution in [0.5, 0.6) is 0 Å². The number of unbranched alkanes of at least 4 members (excludes halogenated alkanes) is 3. The SMILES string of the molecule is CCCCCC[C@H]1CC[C@H](C2CCC(C#Cc3ccc(CCC)cc3)CC2)CC1. The van der Waals surface area contributed by atoms with Crippen LogP contribution in [0.15, 0.2) is 24.3 Å². The Hall–Kier alpha value is -1.22. The van der Waals surface area contributed by atoms with Crippen LogP contribution in [0.2, 0.25) is 0 Å². The third-order valence-corrected chi connectivity index (χ3v) is 7.71. The lowest BCUT2D eigenvalue weighted by atomic mass is 9.69. The molecule has 0 aliphatic heterocycles. The van der Waals surface area contributed by atoms with Crippen LogP contribution < -0.4 is 0 Å². The van der Waals surface area contributed by atoms with Gasteiger partial charge >= 0.3 is 0 Å². The molecule has 0 nitrogen and oxygen atoms in total. The van der Waals surface area contributed by atoms with Gasteiger partial charge < -0.3 is 0 Å². The Morgan fingerprint density at radius 1 is 0.724 bits per heavy atom. The molecule has 0 saturated heterocycles. The summed E-state index contributed by atoms with van der Waals surface area (Å²) >= 11 is 0. The van der Waals surface area contributed by atoms with E-state index in [-0.39, 0.29) is 0 Å². The maximum Gasteiger partial charge on any atom is 0.0245 e. The Kier molecular flexibility index (Phi) is 9.66. The van der Waals surface area contributed by atoms with Crippen LogP contribution in [0.3, 0.4) is 0 Å². The molecule has 0 unspecified atom stereocenters. The number of benzene rings is 1. The highest BCUT2D eigenvalue weighted by Gasteiger charge is 2.30. The van der Waals surface area contributed by atoms with E-state index in [1.54, 1.807) is 0 Å². The van der Waals surface area contributed by atoms with Crippen LogP contribution in [0.4, 0.5) is 0 Å². The average molecular weight is 393 g/mol. The fourth-order valence-electron chi connectivity index (χ4n) is 5.77. The highest BCUT2D eigenvalue weighted by Crippen LogP contribution is 2.42. The molecule has 0 N–H and O–H groups in total. The molecule has 0 atom stereocenters. The molecule has 0 spiro atoms. The van der Waals surface area contributed by atoms with Crippen molar-refractivity contribution in [1.82, 2.24) is 0 Å². The van der Waals surface area contributed by atoms with Gasteiger partial charge in [0.25, 0.3) is 0 Å². The smallest absolute Gasteiger partial charge is 0.0245 e. The summed E-state index contributed by atoms with van der Waals surface area (Å²) in [5, 5.41) is 0. The molecule has 2 aliphatic rings. The number of hydrogen-bond donors (Lipinski definition) is 0. The van der Waals surface area contributed by atoms with Gasteiger partial charge in [0.1, 0.15) is 0 Å². The van der Waals surface area contributed by atoms with Crippen molar-refractivity contribution in [2.45, 2.75) is 110 Å². The summed E-state index contributed by atoms with van der Waals surface area (Å²) in [4.78, 5) is 0. The summed E-state index contributed by atoms with van der Waals surface area (Å²) < 4.78 is 0. The monoisotopic (exact) mass is 392 g/mol. The summed E-state index contributed by atoms with van der Waals surface area (Å²) in [6.45, 7) is 4.56. The van der Waals surface area contributed by atoms with E-state index in [0.717, 1.165) is 17.8 Å². The normalized spacial score (nSPS) is 27.2. The first-order chi connectivity index (χ1) is 14.3. The van der Waals surface area contributed by atoms with E-state index in [0.29, 0.717) is 5.92 Å². The van der Waals surface area contributed by atoms with Crippen LogP contribution in [-0.4, -0.2) is 0 Å². The Bertz CT molecular complexity index is 612. The quantitative estimate of drug-likeness (QED) is 0.307. The van der Waals surface area contributed by atoms with Crippen LogP contribution in [-0.2, 0) is 6.42 Å². The van der Waals surface area contributed by atoms with E-state index in [1.807, 2.05) is 0 Å². The average Bonchev–Trinajstić information content (AvgIpc) is 2.77. The van der Waals surface area contributed by atoms with Crippen LogP contribution in [0.1, 0.15) is 115 Å². The van der Waals surface area contributed by atoms with Crippen LogP contribution >= 0.6 is 0 Å². The largest absolute Gasteiger partial charge is 0.0945 e. The molecule has 0 heterocycles. The number of aryl methyl sites for hydroxylation is 1. The van der Waals surface area contributed by atoms with Gasteiger partial charge in [-0.3, -0.25) is 0 Å². The minimum Gasteiger partial charge on any atom is -0.0945 e. The van der Waals surface area contributed by atoms with Crippen LogP contribution in [0.25, 0.3) is 0 Å². The van der Waals surface area contributed by atoms with Gasteiger partial charge in [-0.25, -0.2) is 0 Å². The fraction of sp³-hybridized carbons (Fsp3) is 0.724. The maximum absolute atomic E-state index is 3.60. The Labute approximate surface area is 181 Å². The maximum atomic E-state index is 3.60. The van der Waals surface area contributed by atoms with E-state index in [9.17, 15) is 0 Å². The predicted molar refractivity (Wildman–Crippen MR) is 127 cm³/mol. The standard InChI is InChI=1S/C29H44/c1-3-5-6-7-9-25-16-20-28(21-17-25)29-22-18-27(19-23-29)15-14-26-12-10-24(8-4-2)11-13-26/h10-13,25,27-29H,3-9,16-23H2,1-2H3/t25-,27?,28-,29?. The molecule has 2 saturated carbocycles. The summed E-state index contributed by atoms with van der Waals surface area (Å²) in [6.07, 6.45) is 21.3. The first-order valence-corrected chi connectivity index (χ1v) is 12.9. The number of rotatable bonds is 8. The topological polar surface area (TPSA) is 0 Å². The van der Waals surface area contributed by atoms with Crippen molar-refractivity contribution in [3.63, 3.8) is 0 Å². The van der Waals surface area contributed by atoms with E-state index < -0.39 is 0 Å². The van der Waals surface area contributed by atoms with Gasteiger partial charge in [-0.2, -0.15) is 0 Å². The first-order valence-electron chi connectivity index (χ1n) is 12.9. The van der Waals surface area contributed by atoms with Gasteiger partial charge in [0.15, 0.2) is 0 Å². The second-order valence-electron chi connectivity index (χ2n) is 9.96. The van der Waals surface area contributed by atoms with Gasteiger partial charge in [0.05, 0.1) is 0 Å². The van der Waals surface area contributed by atoms with Crippen molar-refractivity contribution in [1.29, 1.82) is 0 Å². The zero-order chi connectivity index (χ0) is 20.3. The molecule has 160 valence electrons. The van der Waals surface area contributed by atoms with Crippen molar-refractivity contribution in [2.75, 3.05) is 0 Å². The van der Waals surface area contributed by atoms with Gasteiger partial charge in [-0.05, 0) is 80.4 Å². The minimum absolute atomic E-state index is 0.636. The molecular formula is C29H44. The molecule has 1 aromatic carbocycles. The predicted octanol–water partition coefficient (Wildman–Crippen LogP) is 8.57. The molecular weight excluding hydrogens is 348 g/mol. The Morgan fingerprint density at radius 3 is 2.00 bits per heavy atom. The zero-order valence-corrected chi connectivity index (χ0v) is 19.2. The first kappa shape index (κ1) is 22.5. The van der Waals surface area contributed by atoms with Crippen molar-refractivity contribution in [3.8, 4) is 11.8 Å². The molecule has 0 radical (unpaired) electrons. The molecule has 2 aliphatic carbocycles. The van der Waals surface area contributed by atoms with Gasteiger partial charge in [-0.15, -0.1) is 0 Å². The molecule has 0 heteroatoms. The molecule has 0 amide bonds. The van der Waals surface area contributed by atoms with E-state index in [2.05, 4.69) is 50.0 Å². The van der Waals surface area contributed by atoms with E-state index in [1.165, 1.54) is 107 Å². The second-order valence-corrected chi connectivity index (χ2v) is 9.96.